The molecule has 15 N–H and O–H groups in total. The Kier molecular flexibility index (Phi) is 26.8. The fraction of sp³-hybridized carbons (Fsp3) is 0.683. The summed E-state index contributed by atoms with van der Waals surface area (Å²) in [6.45, 7) is 8.50. The predicted octanol–water partition coefficient (Wildman–Crippen LogP) is 3.44. The maximum absolute atomic E-state index is 14.1. The van der Waals surface area contributed by atoms with Crippen LogP contribution in [0.4, 0.5) is 11.4 Å². The van der Waals surface area contributed by atoms with E-state index in [4.69, 9.17) is 60.8 Å². The number of carbonyl (C=O) groups is 8. The average molecular weight is 1270 g/mol. The summed E-state index contributed by atoms with van der Waals surface area (Å²) in [5.41, 5.74) is 21.4. The Balaban J connectivity index is 0.968. The molecule has 4 aliphatic carbocycles. The SMILES string of the molecule is CCCCCC[C@](C)(O)[C@H]1CC[C@H]2[C@@H]3C[C@H](OC(=O)[C@@H](N)CC(=O)NCCOCCOCC(=O)Nc4ccc(OC)c(C(N)=O)c4O)[C@H]4C[C@@H](OC(=O)[C@@H](N)CC(=O)NCCOCCOCC(=O)Nc5ccc(OC)c(C(N)=O)c5O)CC[C@]4(C)[C@H]3CC[C@@]21C. The van der Waals surface area contributed by atoms with Gasteiger partial charge in [0.2, 0.25) is 23.6 Å². The second-order valence-corrected chi connectivity index (χ2v) is 24.9. The monoisotopic (exact) mass is 1270 g/mol. The summed E-state index contributed by atoms with van der Waals surface area (Å²) < 4.78 is 44.3. The average Bonchev–Trinajstić information content (AvgIpc) is 1.31. The molecule has 4 saturated carbocycles. The summed E-state index contributed by atoms with van der Waals surface area (Å²) >= 11 is 0. The minimum Gasteiger partial charge on any atom is -0.505 e. The fourth-order valence-corrected chi connectivity index (χ4v) is 14.6. The third-order valence-corrected chi connectivity index (χ3v) is 19.0. The van der Waals surface area contributed by atoms with Gasteiger partial charge in [-0.25, -0.2) is 0 Å². The topological polar surface area (TPSA) is 423 Å². The van der Waals surface area contributed by atoms with E-state index in [1.807, 2.05) is 6.92 Å². The smallest absolute Gasteiger partial charge is 0.323 e. The van der Waals surface area contributed by atoms with Crippen LogP contribution < -0.4 is 53.7 Å². The molecule has 90 heavy (non-hydrogen) atoms. The van der Waals surface area contributed by atoms with Crippen molar-refractivity contribution in [2.45, 2.75) is 154 Å². The number of amides is 6. The van der Waals surface area contributed by atoms with Gasteiger partial charge in [-0.2, -0.15) is 0 Å². The summed E-state index contributed by atoms with van der Waals surface area (Å²) in [5, 5.41) is 43.2. The number of benzene rings is 2. The highest BCUT2D eigenvalue weighted by atomic mass is 16.6. The first kappa shape index (κ1) is 72.2. The number of ether oxygens (including phenoxy) is 8. The standard InChI is InChI=1S/C63H96N8O19/c1-7-8-9-10-19-63(4,82)48-16-11-38-37-31-47(90-60(81)42(65)33-50(73)69-23-25-86-27-29-88-35-52(75)71-44-13-15-46(84-6)54(56(44)77)58(67)79)40-30-36(17-20-61(40,2)39(37)18-21-62(38,48)3)89-59(80)41(64)32-49(72)68-22-24-85-26-28-87-34-51(74)70-43-12-14-45(83-5)53(55(43)76)57(66)78/h12-15,36-42,47-48,76-77,82H,7-11,16-35,64-65H2,1-6H3,(H2,66,78)(H2,67,79)(H,68,72)(H,69,73)(H,70,74)(H,71,75)/t36-,37-,38-,39-,40+,41-,42-,47-,48-,61+,62-,63-/m0/s1. The number of primary amides is 2. The van der Waals surface area contributed by atoms with Gasteiger partial charge in [0.25, 0.3) is 11.8 Å². The van der Waals surface area contributed by atoms with Gasteiger partial charge in [-0.3, -0.25) is 38.4 Å². The van der Waals surface area contributed by atoms with Crippen LogP contribution in [-0.2, 0) is 57.2 Å². The second-order valence-electron chi connectivity index (χ2n) is 24.9. The van der Waals surface area contributed by atoms with E-state index in [1.165, 1.54) is 38.5 Å². The molecular weight excluding hydrogens is 1170 g/mol. The molecule has 27 heteroatoms. The molecule has 2 aromatic carbocycles. The first-order chi connectivity index (χ1) is 42.8. The molecule has 2 aromatic rings. The van der Waals surface area contributed by atoms with E-state index >= 15 is 0 Å². The Morgan fingerprint density at radius 1 is 0.611 bits per heavy atom. The molecule has 4 aliphatic rings. The van der Waals surface area contributed by atoms with Gasteiger partial charge in [0.1, 0.15) is 60.1 Å². The van der Waals surface area contributed by atoms with Gasteiger partial charge in [0, 0.05) is 19.0 Å². The highest BCUT2D eigenvalue weighted by Gasteiger charge is 2.65. The van der Waals surface area contributed by atoms with Gasteiger partial charge in [-0.15, -0.1) is 0 Å². The van der Waals surface area contributed by atoms with E-state index < -0.39 is 102 Å². The van der Waals surface area contributed by atoms with E-state index in [0.29, 0.717) is 25.7 Å². The normalized spacial score (nSPS) is 24.7. The Morgan fingerprint density at radius 3 is 1.60 bits per heavy atom. The van der Waals surface area contributed by atoms with Crippen LogP contribution in [0, 0.1) is 40.4 Å². The summed E-state index contributed by atoms with van der Waals surface area (Å²) in [6.07, 6.45) is 8.95. The molecule has 0 heterocycles. The quantitative estimate of drug-likeness (QED) is 0.0264. The zero-order chi connectivity index (χ0) is 65.9. The van der Waals surface area contributed by atoms with Crippen molar-refractivity contribution < 1.29 is 91.6 Å². The minimum atomic E-state index is -1.30. The highest BCUT2D eigenvalue weighted by Crippen LogP contribution is 2.69. The van der Waals surface area contributed by atoms with Gasteiger partial charge in [0.05, 0.1) is 83.7 Å². The maximum Gasteiger partial charge on any atom is 0.323 e. The molecular formula is C63H96N8O19. The number of hydrogen-bond acceptors (Lipinski definition) is 21. The van der Waals surface area contributed by atoms with Crippen molar-refractivity contribution in [2.75, 3.05) is 90.8 Å². The zero-order valence-corrected chi connectivity index (χ0v) is 52.9. The maximum atomic E-state index is 14.1. The molecule has 0 unspecified atom stereocenters. The van der Waals surface area contributed by atoms with Gasteiger partial charge in [0.15, 0.2) is 11.5 Å². The van der Waals surface area contributed by atoms with Crippen molar-refractivity contribution in [3.8, 4) is 23.0 Å². The first-order valence-corrected chi connectivity index (χ1v) is 31.3. The molecule has 0 bridgehead atoms. The first-order valence-electron chi connectivity index (χ1n) is 31.3. The number of unbranched alkanes of at least 4 members (excludes halogenated alkanes) is 3. The number of esters is 2. The molecule has 27 nitrogen and oxygen atoms in total. The number of rotatable bonds is 36. The number of aromatic hydroxyl groups is 2. The molecule has 6 rings (SSSR count). The van der Waals surface area contributed by atoms with Crippen LogP contribution in [-0.4, -0.2) is 173 Å². The van der Waals surface area contributed by atoms with Crippen LogP contribution in [0.1, 0.15) is 145 Å². The molecule has 0 aliphatic heterocycles. The second kappa shape index (κ2) is 33.4. The number of methoxy groups -OCH3 is 2. The third-order valence-electron chi connectivity index (χ3n) is 19.0. The number of fused-ring (bicyclic) bond motifs is 5. The number of hydrogen-bond donors (Lipinski definition) is 11. The van der Waals surface area contributed by atoms with Crippen molar-refractivity contribution in [1.82, 2.24) is 10.6 Å². The summed E-state index contributed by atoms with van der Waals surface area (Å²) in [7, 11) is 2.60. The summed E-state index contributed by atoms with van der Waals surface area (Å²) in [4.78, 5) is 102. The van der Waals surface area contributed by atoms with Crippen molar-refractivity contribution in [2.24, 2.45) is 63.4 Å². The molecule has 502 valence electrons. The van der Waals surface area contributed by atoms with Crippen molar-refractivity contribution in [3.63, 3.8) is 0 Å². The number of carbonyl (C=O) groups excluding carboxylic acids is 8. The highest BCUT2D eigenvalue weighted by molar-refractivity contribution is 6.04. The number of nitrogens with two attached hydrogens (primary N) is 4. The van der Waals surface area contributed by atoms with Gasteiger partial charge >= 0.3 is 11.9 Å². The molecule has 12 atom stereocenters. The molecule has 0 spiro atoms. The minimum absolute atomic E-state index is 0.0116. The molecule has 4 fully saturated rings. The molecule has 0 radical (unpaired) electrons. The lowest BCUT2D eigenvalue weighted by atomic mass is 9.43. The number of anilines is 2. The fourth-order valence-electron chi connectivity index (χ4n) is 14.6. The van der Waals surface area contributed by atoms with Crippen LogP contribution in [0.5, 0.6) is 23.0 Å². The predicted molar refractivity (Wildman–Crippen MR) is 328 cm³/mol. The van der Waals surface area contributed by atoms with E-state index in [9.17, 15) is 53.7 Å². The lowest BCUT2D eigenvalue weighted by Gasteiger charge is -2.63. The van der Waals surface area contributed by atoms with Crippen LogP contribution in [0.2, 0.25) is 0 Å². The Morgan fingerprint density at radius 2 is 1.10 bits per heavy atom. The van der Waals surface area contributed by atoms with Gasteiger partial charge in [-0.1, -0.05) is 46.5 Å². The van der Waals surface area contributed by atoms with Crippen LogP contribution in [0.25, 0.3) is 0 Å². The van der Waals surface area contributed by atoms with Crippen molar-refractivity contribution in [1.29, 1.82) is 0 Å². The summed E-state index contributed by atoms with van der Waals surface area (Å²) in [5.74, 6) is -6.05. The van der Waals surface area contributed by atoms with E-state index in [0.717, 1.165) is 57.8 Å². The Hall–Kier alpha value is -6.88. The van der Waals surface area contributed by atoms with Crippen molar-refractivity contribution >= 4 is 58.8 Å². The van der Waals surface area contributed by atoms with Crippen LogP contribution >= 0.6 is 0 Å². The van der Waals surface area contributed by atoms with E-state index in [-0.39, 0.29) is 140 Å². The van der Waals surface area contributed by atoms with Crippen LogP contribution in [0.15, 0.2) is 24.3 Å². The largest absolute Gasteiger partial charge is 0.505 e. The third kappa shape index (κ3) is 18.6. The number of phenols is 2. The molecule has 0 aromatic heterocycles. The van der Waals surface area contributed by atoms with E-state index in [1.54, 1.807) is 0 Å². The van der Waals surface area contributed by atoms with E-state index in [2.05, 4.69) is 42.0 Å². The van der Waals surface area contributed by atoms with Crippen LogP contribution in [0.3, 0.4) is 0 Å². The number of nitrogens with one attached hydrogen (secondary N) is 4. The Labute approximate surface area is 525 Å². The molecule has 6 amide bonds. The Bertz CT molecular complexity index is 2820. The number of aliphatic hydroxyl groups is 1. The van der Waals surface area contributed by atoms with Gasteiger partial charge < -0.3 is 97.4 Å². The lowest BCUT2D eigenvalue weighted by molar-refractivity contribution is -0.202. The lowest BCUT2D eigenvalue weighted by Crippen LogP contribution is -2.60. The zero-order valence-electron chi connectivity index (χ0n) is 52.9. The van der Waals surface area contributed by atoms with Crippen molar-refractivity contribution in [3.05, 3.63) is 35.4 Å². The molecule has 0 saturated heterocycles. The summed E-state index contributed by atoms with van der Waals surface area (Å²) in [6, 6.07) is 2.86. The van der Waals surface area contributed by atoms with Gasteiger partial charge in [-0.05, 0) is 123 Å².